The SMILES string of the molecule is Cc1cccc(-c2cccc(OCc3ccccc3)c2)c1.Oc1cccc(-c2cccc(O)c2)c1. The van der Waals surface area contributed by atoms with Crippen LogP contribution >= 0.6 is 0 Å². The first-order valence-corrected chi connectivity index (χ1v) is 11.5. The summed E-state index contributed by atoms with van der Waals surface area (Å²) in [7, 11) is 0. The van der Waals surface area contributed by atoms with E-state index in [1.165, 1.54) is 22.3 Å². The van der Waals surface area contributed by atoms with Crippen LogP contribution in [0.15, 0.2) is 127 Å². The molecule has 2 N–H and O–H groups in total. The summed E-state index contributed by atoms with van der Waals surface area (Å²) in [5, 5.41) is 18.6. The minimum atomic E-state index is 0.228. The molecule has 0 atom stereocenters. The highest BCUT2D eigenvalue weighted by atomic mass is 16.5. The van der Waals surface area contributed by atoms with Crippen LogP contribution in [-0.4, -0.2) is 10.2 Å². The highest BCUT2D eigenvalue weighted by Crippen LogP contribution is 2.26. The van der Waals surface area contributed by atoms with Crippen molar-refractivity contribution in [3.8, 4) is 39.5 Å². The minimum Gasteiger partial charge on any atom is -0.508 e. The van der Waals surface area contributed by atoms with Gasteiger partial charge in [0.15, 0.2) is 0 Å². The van der Waals surface area contributed by atoms with Crippen LogP contribution < -0.4 is 4.74 Å². The minimum absolute atomic E-state index is 0.228. The molecule has 5 aromatic carbocycles. The lowest BCUT2D eigenvalue weighted by molar-refractivity contribution is 0.306. The van der Waals surface area contributed by atoms with Crippen LogP contribution in [0.3, 0.4) is 0 Å². The van der Waals surface area contributed by atoms with E-state index in [4.69, 9.17) is 4.74 Å². The molecule has 0 bridgehead atoms. The van der Waals surface area contributed by atoms with E-state index in [-0.39, 0.29) is 11.5 Å². The summed E-state index contributed by atoms with van der Waals surface area (Å²) in [6.07, 6.45) is 0. The number of phenolic OH excluding ortho intramolecular Hbond substituents is 2. The first-order valence-electron chi connectivity index (χ1n) is 11.5. The van der Waals surface area contributed by atoms with Gasteiger partial charge in [0.25, 0.3) is 0 Å². The van der Waals surface area contributed by atoms with Gasteiger partial charge in [-0.3, -0.25) is 0 Å². The maximum Gasteiger partial charge on any atom is 0.120 e. The van der Waals surface area contributed by atoms with Gasteiger partial charge in [0.05, 0.1) is 0 Å². The fourth-order valence-electron chi connectivity index (χ4n) is 3.70. The van der Waals surface area contributed by atoms with Crippen molar-refractivity contribution in [1.29, 1.82) is 0 Å². The smallest absolute Gasteiger partial charge is 0.120 e. The largest absolute Gasteiger partial charge is 0.508 e. The van der Waals surface area contributed by atoms with E-state index in [9.17, 15) is 10.2 Å². The monoisotopic (exact) mass is 460 g/mol. The summed E-state index contributed by atoms with van der Waals surface area (Å²) >= 11 is 0. The Balaban J connectivity index is 0.000000179. The lowest BCUT2D eigenvalue weighted by Crippen LogP contribution is -1.95. The lowest BCUT2D eigenvalue weighted by atomic mass is 10.0. The first-order chi connectivity index (χ1) is 17.1. The van der Waals surface area contributed by atoms with Crippen LogP contribution in [0, 0.1) is 6.92 Å². The maximum atomic E-state index is 9.28. The van der Waals surface area contributed by atoms with Crippen molar-refractivity contribution < 1.29 is 14.9 Å². The molecule has 0 radical (unpaired) electrons. The molecule has 0 aliphatic rings. The third kappa shape index (κ3) is 6.99. The Hall–Kier alpha value is -4.50. The molecule has 0 heterocycles. The van der Waals surface area contributed by atoms with E-state index in [1.807, 2.05) is 42.5 Å². The molecule has 3 nitrogen and oxygen atoms in total. The molecule has 0 fully saturated rings. The molecule has 0 unspecified atom stereocenters. The Morgan fingerprint density at radius 1 is 0.514 bits per heavy atom. The second-order valence-corrected chi connectivity index (χ2v) is 8.27. The molecule has 174 valence electrons. The van der Waals surface area contributed by atoms with Crippen molar-refractivity contribution in [2.45, 2.75) is 13.5 Å². The molecule has 5 rings (SSSR count). The number of aromatic hydroxyl groups is 2. The van der Waals surface area contributed by atoms with Crippen molar-refractivity contribution in [1.82, 2.24) is 0 Å². The molecule has 35 heavy (non-hydrogen) atoms. The number of aryl methyl sites for hydroxylation is 1. The van der Waals surface area contributed by atoms with Crippen LogP contribution in [0.25, 0.3) is 22.3 Å². The van der Waals surface area contributed by atoms with Gasteiger partial charge in [0.2, 0.25) is 0 Å². The molecular weight excluding hydrogens is 432 g/mol. The lowest BCUT2D eigenvalue weighted by Gasteiger charge is -2.09. The second-order valence-electron chi connectivity index (χ2n) is 8.27. The molecule has 0 saturated carbocycles. The Kier molecular flexibility index (Phi) is 7.82. The van der Waals surface area contributed by atoms with Crippen LogP contribution in [0.1, 0.15) is 11.1 Å². The summed E-state index contributed by atoms with van der Waals surface area (Å²) in [5.74, 6) is 1.36. The topological polar surface area (TPSA) is 49.7 Å². The van der Waals surface area contributed by atoms with Crippen molar-refractivity contribution in [2.75, 3.05) is 0 Å². The van der Waals surface area contributed by atoms with Crippen molar-refractivity contribution in [3.05, 3.63) is 139 Å². The standard InChI is InChI=1S/C20H18O.C12H10O2/c1-16-7-5-10-18(13-16)19-11-6-12-20(14-19)21-15-17-8-3-2-4-9-17;13-11-5-1-3-9(7-11)10-4-2-6-12(14)8-10/h2-14H,15H2,1H3;1-8,13-14H. The zero-order valence-electron chi connectivity index (χ0n) is 19.6. The van der Waals surface area contributed by atoms with Gasteiger partial charge in [-0.25, -0.2) is 0 Å². The van der Waals surface area contributed by atoms with Gasteiger partial charge in [0, 0.05) is 0 Å². The van der Waals surface area contributed by atoms with E-state index < -0.39 is 0 Å². The Morgan fingerprint density at radius 2 is 1.03 bits per heavy atom. The third-order valence-electron chi connectivity index (χ3n) is 5.46. The van der Waals surface area contributed by atoms with Gasteiger partial charge in [-0.1, -0.05) is 96.6 Å². The van der Waals surface area contributed by atoms with Gasteiger partial charge in [0.1, 0.15) is 23.9 Å². The number of hydrogen-bond acceptors (Lipinski definition) is 3. The van der Waals surface area contributed by atoms with Crippen molar-refractivity contribution in [2.24, 2.45) is 0 Å². The summed E-state index contributed by atoms with van der Waals surface area (Å²) in [5.41, 5.74) is 6.63. The Morgan fingerprint density at radius 3 is 1.60 bits per heavy atom. The highest BCUT2D eigenvalue weighted by Gasteiger charge is 2.01. The average Bonchev–Trinajstić information content (AvgIpc) is 2.89. The third-order valence-corrected chi connectivity index (χ3v) is 5.46. The molecule has 0 aromatic heterocycles. The maximum absolute atomic E-state index is 9.28. The molecule has 0 aliphatic carbocycles. The van der Waals surface area contributed by atoms with Gasteiger partial charge < -0.3 is 14.9 Å². The molecule has 3 heteroatoms. The average molecular weight is 461 g/mol. The zero-order valence-corrected chi connectivity index (χ0v) is 19.6. The van der Waals surface area contributed by atoms with Gasteiger partial charge in [-0.05, 0) is 71.1 Å². The van der Waals surface area contributed by atoms with E-state index in [1.54, 1.807) is 36.4 Å². The van der Waals surface area contributed by atoms with Gasteiger partial charge in [-0.2, -0.15) is 0 Å². The van der Waals surface area contributed by atoms with Crippen LogP contribution in [0.2, 0.25) is 0 Å². The predicted molar refractivity (Wildman–Crippen MR) is 143 cm³/mol. The second kappa shape index (κ2) is 11.6. The fourth-order valence-corrected chi connectivity index (χ4v) is 3.70. The number of phenols is 2. The summed E-state index contributed by atoms with van der Waals surface area (Å²) in [6, 6.07) is 40.9. The van der Waals surface area contributed by atoms with E-state index in [0.29, 0.717) is 6.61 Å². The normalized spacial score (nSPS) is 10.2. The van der Waals surface area contributed by atoms with E-state index >= 15 is 0 Å². The number of benzene rings is 5. The van der Waals surface area contributed by atoms with Gasteiger partial charge >= 0.3 is 0 Å². The predicted octanol–water partition coefficient (Wildman–Crippen LogP) is 8.01. The van der Waals surface area contributed by atoms with E-state index in [2.05, 4.69) is 55.5 Å². The molecule has 0 saturated heterocycles. The van der Waals surface area contributed by atoms with Crippen LogP contribution in [0.4, 0.5) is 0 Å². The Bertz CT molecular complexity index is 1330. The van der Waals surface area contributed by atoms with Crippen molar-refractivity contribution in [3.63, 3.8) is 0 Å². The fraction of sp³-hybridized carbons (Fsp3) is 0.0625. The number of hydrogen-bond donors (Lipinski definition) is 2. The van der Waals surface area contributed by atoms with E-state index in [0.717, 1.165) is 16.9 Å². The molecule has 0 aliphatic heterocycles. The van der Waals surface area contributed by atoms with Gasteiger partial charge in [-0.15, -0.1) is 0 Å². The molecule has 0 amide bonds. The highest BCUT2D eigenvalue weighted by molar-refractivity contribution is 5.66. The van der Waals surface area contributed by atoms with Crippen molar-refractivity contribution >= 4 is 0 Å². The number of ether oxygens (including phenoxy) is 1. The summed E-state index contributed by atoms with van der Waals surface area (Å²) in [6.45, 7) is 2.71. The van der Waals surface area contributed by atoms with Crippen LogP contribution in [0.5, 0.6) is 17.2 Å². The Labute approximate surface area is 206 Å². The van der Waals surface area contributed by atoms with Crippen LogP contribution in [-0.2, 0) is 6.61 Å². The molecular formula is C32H28O3. The summed E-state index contributed by atoms with van der Waals surface area (Å²) < 4.78 is 5.88. The molecule has 0 spiro atoms. The quantitative estimate of drug-likeness (QED) is 0.279. The number of rotatable bonds is 5. The zero-order chi connectivity index (χ0) is 24.5. The molecule has 5 aromatic rings. The first kappa shape index (κ1) is 23.7. The summed E-state index contributed by atoms with van der Waals surface area (Å²) in [4.78, 5) is 0.